The van der Waals surface area contributed by atoms with E-state index >= 15 is 0 Å². The number of aromatic nitrogens is 2. The van der Waals surface area contributed by atoms with Gasteiger partial charge in [0.1, 0.15) is 9.79 Å². The number of nitro groups is 2. The molecule has 8 aromatic rings. The number of hydrogen-bond donors (Lipinski definition) is 6. The highest BCUT2D eigenvalue weighted by Crippen LogP contribution is 2.34. The number of amides is 10. The minimum Gasteiger partial charge on any atom is -0.326 e. The Bertz CT molecular complexity index is 6320. The first-order valence-corrected chi connectivity index (χ1v) is 46.3. The minimum absolute atomic E-state index is 0.00826. The number of benzene rings is 6. The van der Waals surface area contributed by atoms with Crippen molar-refractivity contribution in [2.75, 3.05) is 36.8 Å². The Morgan fingerprint density at radius 3 is 0.726 bits per heavy atom. The highest BCUT2D eigenvalue weighted by Gasteiger charge is 2.50. The first-order valence-electron chi connectivity index (χ1n) is 34.8. The lowest BCUT2D eigenvalue weighted by Gasteiger charge is -2.34. The summed E-state index contributed by atoms with van der Waals surface area (Å²) >= 11 is 0. The van der Waals surface area contributed by atoms with Crippen LogP contribution in [0, 0.1) is 34.1 Å². The number of carbonyl (C=O) groups excluding carboxylic acids is 6. The van der Waals surface area contributed by atoms with Crippen LogP contribution in [-0.4, -0.2) is 207 Å². The Morgan fingerprint density at radius 2 is 0.532 bits per heavy atom. The Kier molecular flexibility index (Phi) is 28.9. The third kappa shape index (κ3) is 21.3. The second kappa shape index (κ2) is 37.9. The summed E-state index contributed by atoms with van der Waals surface area (Å²) in [6.07, 6.45) is 4.65. The molecule has 6 aromatic carbocycles. The SMILES string of the molecule is CC(=O)Nc1ccc(S(=O)(=O)N(N2CC(C)=NNC2=O)S(=O)(=O)c2ccc(NC(C)=O)cc2)cc1.CC1=NNC(=O)N(N(S(=O)(=O)c2ccc(C)cc2)S(=O)(=O)c2ccc(C)cc2)C1.CC1=NNC(=O)N(N(S(=O)(=O)c2ccc([N+](=O)[O-])cc2)S(=O)(=O)c2ccc([N+](=O)[O-])cc2)C1.CC1=NNC(=O)N(N(S(=O)(=O)c2cccnc2)S(=O)(=O)c2cccnc2)C1. The molecule has 10 amide bonds. The zero-order chi connectivity index (χ0) is 91.6. The van der Waals surface area contributed by atoms with E-state index in [2.05, 4.69) is 57.3 Å². The predicted octanol–water partition coefficient (Wildman–Crippen LogP) is 4.67. The lowest BCUT2D eigenvalue weighted by molar-refractivity contribution is -0.385. The van der Waals surface area contributed by atoms with E-state index in [9.17, 15) is 116 Å². The van der Waals surface area contributed by atoms with Crippen molar-refractivity contribution < 1.29 is 106 Å². The molecule has 48 nitrogen and oxygen atoms in total. The van der Waals surface area contributed by atoms with Gasteiger partial charge in [-0.3, -0.25) is 39.8 Å². The van der Waals surface area contributed by atoms with E-state index in [1.165, 1.54) is 120 Å². The maximum absolute atomic E-state index is 13.6. The number of hydrazone groups is 4. The number of rotatable bonds is 24. The molecule has 0 saturated carbocycles. The molecule has 0 aliphatic carbocycles. The Hall–Kier alpha value is -13.4. The number of aryl methyl sites for hydroxylation is 2. The van der Waals surface area contributed by atoms with E-state index in [1.54, 1.807) is 45.0 Å². The summed E-state index contributed by atoms with van der Waals surface area (Å²) in [5.41, 5.74) is 10.6. The molecule has 2 aromatic heterocycles. The van der Waals surface area contributed by atoms with Gasteiger partial charge in [-0.2, -0.15) is 20.4 Å². The van der Waals surface area contributed by atoms with Crippen LogP contribution in [0.5, 0.6) is 0 Å². The van der Waals surface area contributed by atoms with Crippen LogP contribution in [-0.2, 0) is 89.8 Å². The number of anilines is 2. The van der Waals surface area contributed by atoms with Crippen LogP contribution in [0.25, 0.3) is 0 Å². The molecule has 656 valence electrons. The van der Waals surface area contributed by atoms with Crippen molar-refractivity contribution in [2.24, 2.45) is 20.4 Å². The van der Waals surface area contributed by atoms with Crippen molar-refractivity contribution in [1.82, 2.24) is 67.0 Å². The molecule has 0 fully saturated rings. The van der Waals surface area contributed by atoms with Gasteiger partial charge in [0.25, 0.3) is 91.6 Å². The fourth-order valence-corrected chi connectivity index (χ4v) is 25.2. The van der Waals surface area contributed by atoms with Gasteiger partial charge in [-0.05, 0) is 163 Å². The van der Waals surface area contributed by atoms with Crippen molar-refractivity contribution in [3.05, 3.63) is 226 Å². The molecule has 0 atom stereocenters. The largest absolute Gasteiger partial charge is 0.354 e. The summed E-state index contributed by atoms with van der Waals surface area (Å²) in [7, 11) is -38.5. The van der Waals surface area contributed by atoms with Crippen molar-refractivity contribution >= 4 is 162 Å². The number of non-ortho nitro benzene ring substituents is 2. The van der Waals surface area contributed by atoms with Gasteiger partial charge in [0.2, 0.25) is 11.8 Å². The van der Waals surface area contributed by atoms with Crippen molar-refractivity contribution in [3.8, 4) is 0 Å². The van der Waals surface area contributed by atoms with Gasteiger partial charge < -0.3 is 10.6 Å². The van der Waals surface area contributed by atoms with E-state index < -0.39 is 168 Å². The highest BCUT2D eigenvalue weighted by atomic mass is 32.3. The molecular weight excluding hydrogens is 1800 g/mol. The summed E-state index contributed by atoms with van der Waals surface area (Å²) in [6, 6.07) is 28.4. The molecular formula is C68H70N22O26S8. The number of hydrazine groups is 4. The van der Waals surface area contributed by atoms with Gasteiger partial charge in [-0.15, -0.1) is 0 Å². The topological polar surface area (TPSA) is 635 Å². The monoisotopic (exact) mass is 1870 g/mol. The van der Waals surface area contributed by atoms with Crippen molar-refractivity contribution in [3.63, 3.8) is 0 Å². The fraction of sp³-hybridized carbons (Fsp3) is 0.176. The summed E-state index contributed by atoms with van der Waals surface area (Å²) in [4.78, 5) is 96.1. The summed E-state index contributed by atoms with van der Waals surface area (Å²) < 4.78 is 214. The molecule has 124 heavy (non-hydrogen) atoms. The first-order chi connectivity index (χ1) is 57.9. The van der Waals surface area contributed by atoms with E-state index in [4.69, 9.17) is 0 Å². The van der Waals surface area contributed by atoms with Crippen LogP contribution in [0.2, 0.25) is 0 Å². The number of pyridine rings is 2. The average molecular weight is 1870 g/mol. The number of sulfonamides is 8. The van der Waals surface area contributed by atoms with Crippen LogP contribution in [0.3, 0.4) is 0 Å². The second-order valence-electron chi connectivity index (χ2n) is 26.0. The number of nitro benzene ring substituents is 2. The van der Waals surface area contributed by atoms with Gasteiger partial charge in [0, 0.05) is 89.6 Å². The molecule has 0 bridgehead atoms. The smallest absolute Gasteiger partial charge is 0.326 e. The van der Waals surface area contributed by atoms with Gasteiger partial charge in [-0.1, -0.05) is 35.4 Å². The number of nitrogens with one attached hydrogen (secondary N) is 6. The highest BCUT2D eigenvalue weighted by molar-refractivity contribution is 8.05. The number of nitrogens with zero attached hydrogens (tertiary/aromatic N) is 16. The molecule has 0 spiro atoms. The molecule has 0 saturated heterocycles. The average Bonchev–Trinajstić information content (AvgIpc) is 0.753. The third-order valence-corrected chi connectivity index (χ3v) is 32.9. The Balaban J connectivity index is 0.000000188. The standard InChI is InChI=1S/C20H22N6O7S2.C18H20N4O5S2.C16H14N6O9S2.C14H14N6O5S2/c1-13-12-25(20(29)24-23-13)26(34(30,31)18-8-4-16(5-9-18)21-14(2)27)35(32,33)19-10-6-17(7-11-19)22-15(3)28;1-13-4-8-16(9-5-13)28(24,25)22(21-12-15(3)19-20-18(21)23)29(26,27)17-10-6-14(2)7-11-17;1-11-10-19(16(23)18-17-11)22(32(28,29)14-6-2-12(3-7-14)20(24)25)33(30,31)15-8-4-13(5-9-15)21(26)27;1-11-10-19(14(21)18-17-11)20(26(22,23)12-4-2-6-15-8-12)27(24,25)13-5-3-7-16-9-13/h4-11H,12H2,1-3H3,(H,21,27)(H,22,28)(H,24,29);4-11H,12H2,1-3H3,(H,20,23);2-9H,10H2,1H3,(H,18,23);2-9H,10H2,1H3,(H,18,21). The van der Waals surface area contributed by atoms with Crippen molar-refractivity contribution in [1.29, 1.82) is 0 Å². The fourth-order valence-electron chi connectivity index (χ4n) is 10.6. The zero-order valence-corrected chi connectivity index (χ0v) is 71.9. The van der Waals surface area contributed by atoms with E-state index in [0.29, 0.717) is 31.5 Å². The van der Waals surface area contributed by atoms with Crippen LogP contribution in [0.1, 0.15) is 52.7 Å². The Labute approximate surface area is 707 Å². The van der Waals surface area contributed by atoms with Gasteiger partial charge in [0.15, 0.2) is 0 Å². The third-order valence-electron chi connectivity index (χ3n) is 16.4. The summed E-state index contributed by atoms with van der Waals surface area (Å²) in [5.74, 6) is -0.764. The molecule has 4 aliphatic heterocycles. The second-order valence-corrected chi connectivity index (χ2v) is 41.0. The van der Waals surface area contributed by atoms with Gasteiger partial charge in [0.05, 0.1) is 88.2 Å². The Morgan fingerprint density at radius 1 is 0.331 bits per heavy atom. The van der Waals surface area contributed by atoms with Crippen LogP contribution < -0.4 is 32.3 Å². The number of carbonyl (C=O) groups is 6. The maximum Gasteiger partial charge on any atom is 0.354 e. The summed E-state index contributed by atoms with van der Waals surface area (Å²) in [6.45, 7) is 10.4. The van der Waals surface area contributed by atoms with Crippen LogP contribution >= 0.6 is 0 Å². The van der Waals surface area contributed by atoms with Crippen molar-refractivity contribution in [2.45, 2.75) is 94.6 Å². The number of hydrogen-bond acceptors (Lipinski definition) is 32. The maximum atomic E-state index is 13.6. The normalized spacial score (nSPS) is 14.8. The first kappa shape index (κ1) is 94.4. The van der Waals surface area contributed by atoms with Gasteiger partial charge in [-0.25, -0.2) is 128 Å². The molecule has 0 radical (unpaired) electrons. The molecule has 56 heteroatoms. The predicted molar refractivity (Wildman–Crippen MR) is 437 cm³/mol. The lowest BCUT2D eigenvalue weighted by atomic mass is 10.2. The molecule has 4 aliphatic rings. The summed E-state index contributed by atoms with van der Waals surface area (Å²) in [5, 5.41) is 43.5. The minimum atomic E-state index is -5.03. The lowest BCUT2D eigenvalue weighted by Crippen LogP contribution is -2.58. The molecule has 6 N–H and O–H groups in total. The zero-order valence-electron chi connectivity index (χ0n) is 65.3. The quantitative estimate of drug-likeness (QED) is 0.0353. The van der Waals surface area contributed by atoms with E-state index in [-0.39, 0.29) is 72.8 Å². The van der Waals surface area contributed by atoms with E-state index in [0.717, 1.165) is 96.3 Å². The van der Waals surface area contributed by atoms with Crippen LogP contribution in [0.15, 0.2) is 254 Å². The number of urea groups is 4. The van der Waals surface area contributed by atoms with E-state index in [1.807, 2.05) is 5.43 Å². The van der Waals surface area contributed by atoms with Crippen LogP contribution in [0.4, 0.5) is 41.9 Å². The van der Waals surface area contributed by atoms with Gasteiger partial charge >= 0.3 is 24.1 Å². The molecule has 6 heterocycles. The molecule has 0 unspecified atom stereocenters. The molecule has 12 rings (SSSR count).